The van der Waals surface area contributed by atoms with E-state index in [0.29, 0.717) is 23.4 Å². The van der Waals surface area contributed by atoms with Gasteiger partial charge in [0, 0.05) is 29.0 Å². The first-order valence-electron chi connectivity index (χ1n) is 8.67. The van der Waals surface area contributed by atoms with Gasteiger partial charge in [0.1, 0.15) is 5.52 Å². The summed E-state index contributed by atoms with van der Waals surface area (Å²) in [6, 6.07) is 7.35. The second-order valence-corrected chi connectivity index (χ2v) is 7.38. The van der Waals surface area contributed by atoms with Gasteiger partial charge in [-0.15, -0.1) is 0 Å². The van der Waals surface area contributed by atoms with Crippen molar-refractivity contribution < 1.29 is 9.21 Å². The first-order chi connectivity index (χ1) is 13.0. The normalized spacial score (nSPS) is 10.7. The number of anilines is 1. The molecule has 0 radical (unpaired) electrons. The van der Waals surface area contributed by atoms with Crippen molar-refractivity contribution in [3.63, 3.8) is 0 Å². The quantitative estimate of drug-likeness (QED) is 0.407. The van der Waals surface area contributed by atoms with Crippen LogP contribution in [0.2, 0.25) is 0 Å². The van der Waals surface area contributed by atoms with Gasteiger partial charge < -0.3 is 15.1 Å². The number of nitrogens with one attached hydrogen (secondary N) is 2. The van der Waals surface area contributed by atoms with Gasteiger partial charge in [-0.2, -0.15) is 0 Å². The van der Waals surface area contributed by atoms with Gasteiger partial charge in [-0.3, -0.25) is 9.78 Å². The Balaban J connectivity index is 1.68. The summed E-state index contributed by atoms with van der Waals surface area (Å²) in [5.41, 5.74) is 2.86. The molecular weight excluding hydrogens is 428 g/mol. The Morgan fingerprint density at radius 3 is 2.89 bits per heavy atom. The Hall–Kier alpha value is -2.32. The highest BCUT2D eigenvalue weighted by atomic mass is 79.9. The molecule has 0 spiro atoms. The Labute approximate surface area is 170 Å². The largest absolute Gasteiger partial charge is 0.436 e. The lowest BCUT2D eigenvalue weighted by Crippen LogP contribution is -2.33. The first kappa shape index (κ1) is 19.4. The number of hydrogen-bond donors (Lipinski definition) is 2. The molecule has 0 bridgehead atoms. The molecule has 140 valence electrons. The summed E-state index contributed by atoms with van der Waals surface area (Å²) in [4.78, 5) is 20.5. The molecule has 0 aliphatic rings. The van der Waals surface area contributed by atoms with E-state index >= 15 is 0 Å². The molecule has 0 atom stereocenters. The minimum Gasteiger partial charge on any atom is -0.436 e. The summed E-state index contributed by atoms with van der Waals surface area (Å²) in [6.45, 7) is 2.10. The average molecular weight is 447 g/mol. The maximum Gasteiger partial charge on any atom is 0.228 e. The van der Waals surface area contributed by atoms with Gasteiger partial charge in [-0.25, -0.2) is 4.98 Å². The van der Waals surface area contributed by atoms with Crippen LogP contribution in [0.4, 0.5) is 5.69 Å². The first-order valence-corrected chi connectivity index (χ1v) is 9.87. The molecule has 6 nitrogen and oxygen atoms in total. The fraction of sp³-hybridized carbons (Fsp3) is 0.263. The van der Waals surface area contributed by atoms with E-state index in [0.717, 1.165) is 35.0 Å². The number of carbonyl (C=O) groups excluding carboxylic acids is 1. The molecule has 2 aromatic heterocycles. The van der Waals surface area contributed by atoms with E-state index in [1.165, 1.54) is 0 Å². The molecule has 0 fully saturated rings. The van der Waals surface area contributed by atoms with Gasteiger partial charge in [0.25, 0.3) is 0 Å². The highest BCUT2D eigenvalue weighted by Gasteiger charge is 2.11. The molecule has 8 heteroatoms. The standard InChI is InChI=1S/C19H19BrN4O2S/c1-2-3-4-5-17(25)24-19(27)22-14-6-7-16-15(9-14)23-18(26-16)12-8-13(20)11-21-10-12/h6-11H,2-5H2,1H3,(H2,22,24,25,27). The van der Waals surface area contributed by atoms with E-state index in [1.807, 2.05) is 24.3 Å². The number of nitrogens with zero attached hydrogens (tertiary/aromatic N) is 2. The molecular formula is C19H19BrN4O2S. The summed E-state index contributed by atoms with van der Waals surface area (Å²) < 4.78 is 6.64. The molecule has 0 aliphatic carbocycles. The second kappa shape index (κ2) is 9.05. The number of oxazole rings is 1. The SMILES string of the molecule is CCCCCC(=O)NC(=S)Nc1ccc2oc(-c3cncc(Br)c3)nc2c1. The zero-order valence-electron chi connectivity index (χ0n) is 14.8. The Morgan fingerprint density at radius 2 is 2.11 bits per heavy atom. The minimum absolute atomic E-state index is 0.0760. The third-order valence-corrected chi connectivity index (χ3v) is 4.50. The van der Waals surface area contributed by atoms with Crippen LogP contribution >= 0.6 is 28.1 Å². The molecule has 0 saturated carbocycles. The number of carbonyl (C=O) groups is 1. The van der Waals surface area contributed by atoms with Gasteiger partial charge >= 0.3 is 0 Å². The predicted octanol–water partition coefficient (Wildman–Crippen LogP) is 5.05. The number of aromatic nitrogens is 2. The average Bonchev–Trinajstić information content (AvgIpc) is 3.05. The molecule has 3 rings (SSSR count). The molecule has 2 N–H and O–H groups in total. The van der Waals surface area contributed by atoms with Crippen molar-refractivity contribution in [2.45, 2.75) is 32.6 Å². The smallest absolute Gasteiger partial charge is 0.228 e. The van der Waals surface area contributed by atoms with Gasteiger partial charge in [0.15, 0.2) is 10.7 Å². The van der Waals surface area contributed by atoms with Crippen LogP contribution in [-0.4, -0.2) is 21.0 Å². The van der Waals surface area contributed by atoms with Crippen LogP contribution in [0.1, 0.15) is 32.6 Å². The molecule has 1 aromatic carbocycles. The van der Waals surface area contributed by atoms with Gasteiger partial charge in [0.05, 0.1) is 5.56 Å². The fourth-order valence-electron chi connectivity index (χ4n) is 2.54. The Kier molecular flexibility index (Phi) is 6.52. The van der Waals surface area contributed by atoms with Crippen LogP contribution in [0.25, 0.3) is 22.6 Å². The van der Waals surface area contributed by atoms with Gasteiger partial charge in [-0.1, -0.05) is 19.8 Å². The number of rotatable bonds is 6. The van der Waals surface area contributed by atoms with Crippen LogP contribution in [0.5, 0.6) is 0 Å². The minimum atomic E-state index is -0.0760. The summed E-state index contributed by atoms with van der Waals surface area (Å²) in [6.07, 6.45) is 6.84. The molecule has 2 heterocycles. The van der Waals surface area contributed by atoms with Gasteiger partial charge in [-0.05, 0) is 58.8 Å². The second-order valence-electron chi connectivity index (χ2n) is 6.05. The van der Waals surface area contributed by atoms with Crippen LogP contribution in [-0.2, 0) is 4.79 Å². The van der Waals surface area contributed by atoms with Crippen molar-refractivity contribution in [1.29, 1.82) is 0 Å². The summed E-state index contributed by atoms with van der Waals surface area (Å²) >= 11 is 8.60. The maximum atomic E-state index is 11.8. The Bertz CT molecular complexity index is 973. The van der Waals surface area contributed by atoms with E-state index in [-0.39, 0.29) is 11.0 Å². The van der Waals surface area contributed by atoms with E-state index in [2.05, 4.69) is 43.5 Å². The van der Waals surface area contributed by atoms with Crippen LogP contribution < -0.4 is 10.6 Å². The van der Waals surface area contributed by atoms with Crippen LogP contribution in [0.15, 0.2) is 45.5 Å². The zero-order valence-corrected chi connectivity index (χ0v) is 17.2. The topological polar surface area (TPSA) is 80.0 Å². The van der Waals surface area contributed by atoms with Crippen molar-refractivity contribution in [2.75, 3.05) is 5.32 Å². The van der Waals surface area contributed by atoms with E-state index in [4.69, 9.17) is 16.6 Å². The summed E-state index contributed by atoms with van der Waals surface area (Å²) in [7, 11) is 0. The summed E-state index contributed by atoms with van der Waals surface area (Å²) in [5.74, 6) is 0.413. The third-order valence-electron chi connectivity index (χ3n) is 3.86. The molecule has 1 amide bonds. The highest BCUT2D eigenvalue weighted by Crippen LogP contribution is 2.27. The van der Waals surface area contributed by atoms with Crippen molar-refractivity contribution in [1.82, 2.24) is 15.3 Å². The van der Waals surface area contributed by atoms with Crippen molar-refractivity contribution in [3.8, 4) is 11.5 Å². The zero-order chi connectivity index (χ0) is 19.2. The molecule has 3 aromatic rings. The lowest BCUT2D eigenvalue weighted by atomic mass is 10.2. The lowest BCUT2D eigenvalue weighted by molar-refractivity contribution is -0.119. The van der Waals surface area contributed by atoms with Crippen LogP contribution in [0, 0.1) is 0 Å². The van der Waals surface area contributed by atoms with Crippen molar-refractivity contribution in [3.05, 3.63) is 41.1 Å². The molecule has 27 heavy (non-hydrogen) atoms. The van der Waals surface area contributed by atoms with E-state index < -0.39 is 0 Å². The fourth-order valence-corrected chi connectivity index (χ4v) is 3.14. The number of pyridine rings is 1. The monoisotopic (exact) mass is 446 g/mol. The predicted molar refractivity (Wildman–Crippen MR) is 113 cm³/mol. The van der Waals surface area contributed by atoms with Crippen molar-refractivity contribution in [2.24, 2.45) is 0 Å². The lowest BCUT2D eigenvalue weighted by Gasteiger charge is -2.09. The number of halogens is 1. The number of hydrogen-bond acceptors (Lipinski definition) is 5. The molecule has 0 unspecified atom stereocenters. The number of unbranched alkanes of at least 4 members (excludes halogenated alkanes) is 2. The number of fused-ring (bicyclic) bond motifs is 1. The van der Waals surface area contributed by atoms with Crippen molar-refractivity contribution >= 4 is 56.0 Å². The molecule has 0 saturated heterocycles. The van der Waals surface area contributed by atoms with E-state index in [9.17, 15) is 4.79 Å². The Morgan fingerprint density at radius 1 is 1.26 bits per heavy atom. The third kappa shape index (κ3) is 5.33. The van der Waals surface area contributed by atoms with E-state index in [1.54, 1.807) is 12.4 Å². The number of amides is 1. The highest BCUT2D eigenvalue weighted by molar-refractivity contribution is 9.10. The van der Waals surface area contributed by atoms with Crippen LogP contribution in [0.3, 0.4) is 0 Å². The van der Waals surface area contributed by atoms with Gasteiger partial charge in [0.2, 0.25) is 11.8 Å². The summed E-state index contributed by atoms with van der Waals surface area (Å²) in [5, 5.41) is 5.98. The number of benzene rings is 1. The molecule has 0 aliphatic heterocycles. The number of thiocarbonyl (C=S) groups is 1. The maximum absolute atomic E-state index is 11.8.